The molecule has 9 heteroatoms. The molecule has 0 aliphatic carbocycles. The Kier molecular flexibility index (Phi) is 5.70. The third kappa shape index (κ3) is 4.17. The first-order valence-corrected chi connectivity index (χ1v) is 8.54. The molecular weight excluding hydrogens is 391 g/mol. The SMILES string of the molecule is COc1cc(O)ccc1N(Cc1ccc([N+](=O)[O-])o1)Cc1c(F)cccc1Cl. The number of nitro groups is 1. The lowest BCUT2D eigenvalue weighted by molar-refractivity contribution is -0.402. The van der Waals surface area contributed by atoms with E-state index in [0.717, 1.165) is 0 Å². The Balaban J connectivity index is 2.01. The number of aromatic hydroxyl groups is 1. The molecule has 0 aliphatic rings. The summed E-state index contributed by atoms with van der Waals surface area (Å²) < 4.78 is 24.9. The number of methoxy groups -OCH3 is 1. The van der Waals surface area contributed by atoms with Crippen molar-refractivity contribution in [3.05, 3.63) is 80.8 Å². The molecular formula is C19H16ClFN2O5. The number of benzene rings is 2. The first kappa shape index (κ1) is 19.5. The Bertz CT molecular complexity index is 987. The van der Waals surface area contributed by atoms with Crippen LogP contribution in [0.5, 0.6) is 11.5 Å². The molecule has 1 heterocycles. The molecule has 0 atom stereocenters. The molecule has 1 aromatic heterocycles. The van der Waals surface area contributed by atoms with Crippen LogP contribution < -0.4 is 9.64 Å². The summed E-state index contributed by atoms with van der Waals surface area (Å²) in [5.41, 5.74) is 0.777. The summed E-state index contributed by atoms with van der Waals surface area (Å²) in [4.78, 5) is 11.9. The highest BCUT2D eigenvalue weighted by Gasteiger charge is 2.20. The highest BCUT2D eigenvalue weighted by molar-refractivity contribution is 6.31. The number of ether oxygens (including phenoxy) is 1. The predicted molar refractivity (Wildman–Crippen MR) is 101 cm³/mol. The Hall–Kier alpha value is -3.26. The summed E-state index contributed by atoms with van der Waals surface area (Å²) in [6.07, 6.45) is 0. The zero-order chi connectivity index (χ0) is 20.3. The van der Waals surface area contributed by atoms with Crippen LogP contribution in [-0.2, 0) is 13.1 Å². The quantitative estimate of drug-likeness (QED) is 0.443. The van der Waals surface area contributed by atoms with Gasteiger partial charge in [0.05, 0.1) is 25.4 Å². The predicted octanol–water partition coefficient (Wildman–Crippen LogP) is 4.90. The first-order valence-electron chi connectivity index (χ1n) is 8.17. The van der Waals surface area contributed by atoms with Gasteiger partial charge in [-0.15, -0.1) is 0 Å². The lowest BCUT2D eigenvalue weighted by atomic mass is 10.1. The smallest absolute Gasteiger partial charge is 0.433 e. The summed E-state index contributed by atoms with van der Waals surface area (Å²) in [5.74, 6) is -0.238. The van der Waals surface area contributed by atoms with E-state index in [-0.39, 0.29) is 29.4 Å². The van der Waals surface area contributed by atoms with Gasteiger partial charge in [-0.2, -0.15) is 0 Å². The van der Waals surface area contributed by atoms with Gasteiger partial charge >= 0.3 is 5.88 Å². The van der Waals surface area contributed by atoms with E-state index >= 15 is 0 Å². The molecule has 0 aliphatic heterocycles. The third-order valence-electron chi connectivity index (χ3n) is 4.09. The van der Waals surface area contributed by atoms with Crippen LogP contribution >= 0.6 is 11.6 Å². The van der Waals surface area contributed by atoms with Crippen LogP contribution in [0.15, 0.2) is 52.9 Å². The zero-order valence-electron chi connectivity index (χ0n) is 14.8. The van der Waals surface area contributed by atoms with Crippen molar-refractivity contribution in [2.75, 3.05) is 12.0 Å². The number of anilines is 1. The average Bonchev–Trinajstić information content (AvgIpc) is 3.13. The van der Waals surface area contributed by atoms with Gasteiger partial charge in [-0.25, -0.2) is 4.39 Å². The van der Waals surface area contributed by atoms with E-state index in [4.69, 9.17) is 20.8 Å². The summed E-state index contributed by atoms with van der Waals surface area (Å²) in [5, 5.41) is 20.8. The van der Waals surface area contributed by atoms with E-state index in [1.54, 1.807) is 17.0 Å². The maximum atomic E-state index is 14.3. The fraction of sp³-hybridized carbons (Fsp3) is 0.158. The molecule has 0 unspecified atom stereocenters. The van der Waals surface area contributed by atoms with Crippen molar-refractivity contribution in [1.29, 1.82) is 0 Å². The number of rotatable bonds is 7. The molecule has 0 amide bonds. The van der Waals surface area contributed by atoms with E-state index < -0.39 is 16.6 Å². The minimum atomic E-state index is -0.636. The van der Waals surface area contributed by atoms with Crippen LogP contribution in [0.3, 0.4) is 0 Å². The lowest BCUT2D eigenvalue weighted by Crippen LogP contribution is -2.23. The van der Waals surface area contributed by atoms with Crippen molar-refractivity contribution >= 4 is 23.2 Å². The van der Waals surface area contributed by atoms with E-state index in [1.807, 2.05) is 0 Å². The highest BCUT2D eigenvalue weighted by atomic mass is 35.5. The fourth-order valence-electron chi connectivity index (χ4n) is 2.77. The normalized spacial score (nSPS) is 10.7. The topological polar surface area (TPSA) is 89.0 Å². The monoisotopic (exact) mass is 406 g/mol. The second-order valence-electron chi connectivity index (χ2n) is 5.91. The van der Waals surface area contributed by atoms with Crippen LogP contribution in [0, 0.1) is 15.9 Å². The van der Waals surface area contributed by atoms with Gasteiger partial charge < -0.3 is 19.2 Å². The van der Waals surface area contributed by atoms with Crippen molar-refractivity contribution in [2.24, 2.45) is 0 Å². The van der Waals surface area contributed by atoms with Gasteiger partial charge in [0.2, 0.25) is 0 Å². The summed E-state index contributed by atoms with van der Waals surface area (Å²) >= 11 is 6.16. The number of nitrogens with zero attached hydrogens (tertiary/aromatic N) is 2. The van der Waals surface area contributed by atoms with E-state index in [1.165, 1.54) is 43.5 Å². The molecule has 2 aromatic carbocycles. The summed E-state index contributed by atoms with van der Waals surface area (Å²) in [7, 11) is 1.43. The molecule has 3 rings (SSSR count). The van der Waals surface area contributed by atoms with Crippen molar-refractivity contribution in [3.63, 3.8) is 0 Å². The Morgan fingerprint density at radius 1 is 1.25 bits per heavy atom. The molecule has 146 valence electrons. The molecule has 3 aromatic rings. The van der Waals surface area contributed by atoms with Crippen molar-refractivity contribution in [2.45, 2.75) is 13.1 Å². The van der Waals surface area contributed by atoms with Crippen LogP contribution in [0.2, 0.25) is 5.02 Å². The van der Waals surface area contributed by atoms with Crippen molar-refractivity contribution < 1.29 is 23.6 Å². The molecule has 0 bridgehead atoms. The Morgan fingerprint density at radius 2 is 2.04 bits per heavy atom. The van der Waals surface area contributed by atoms with Crippen LogP contribution in [-0.4, -0.2) is 17.1 Å². The van der Waals surface area contributed by atoms with Crippen molar-refractivity contribution in [1.82, 2.24) is 0 Å². The summed E-state index contributed by atoms with van der Waals surface area (Å²) in [6, 6.07) is 11.6. The molecule has 0 saturated heterocycles. The Morgan fingerprint density at radius 3 is 2.68 bits per heavy atom. The van der Waals surface area contributed by atoms with Gasteiger partial charge in [-0.1, -0.05) is 17.7 Å². The maximum absolute atomic E-state index is 14.3. The van der Waals surface area contributed by atoms with Gasteiger partial charge in [0.25, 0.3) is 0 Å². The number of furan rings is 1. The van der Waals surface area contributed by atoms with Crippen LogP contribution in [0.4, 0.5) is 16.0 Å². The number of phenols is 1. The molecule has 0 fully saturated rings. The second kappa shape index (κ2) is 8.18. The van der Waals surface area contributed by atoms with Gasteiger partial charge in [0.15, 0.2) is 0 Å². The van der Waals surface area contributed by atoms with Gasteiger partial charge in [-0.3, -0.25) is 10.1 Å². The minimum Gasteiger partial charge on any atom is -0.508 e. The summed E-state index contributed by atoms with van der Waals surface area (Å²) in [6.45, 7) is 0.126. The van der Waals surface area contributed by atoms with Gasteiger partial charge in [0.1, 0.15) is 28.0 Å². The maximum Gasteiger partial charge on any atom is 0.433 e. The van der Waals surface area contributed by atoms with Gasteiger partial charge in [0, 0.05) is 23.2 Å². The molecule has 0 spiro atoms. The van der Waals surface area contributed by atoms with E-state index in [2.05, 4.69) is 0 Å². The number of hydrogen-bond donors (Lipinski definition) is 1. The zero-order valence-corrected chi connectivity index (χ0v) is 15.5. The Labute approximate surface area is 164 Å². The van der Waals surface area contributed by atoms with E-state index in [0.29, 0.717) is 17.2 Å². The fourth-order valence-corrected chi connectivity index (χ4v) is 2.99. The van der Waals surface area contributed by atoms with Crippen LogP contribution in [0.1, 0.15) is 11.3 Å². The largest absolute Gasteiger partial charge is 0.508 e. The number of halogens is 2. The van der Waals surface area contributed by atoms with Crippen molar-refractivity contribution in [3.8, 4) is 11.5 Å². The van der Waals surface area contributed by atoms with Gasteiger partial charge in [-0.05, 0) is 30.3 Å². The third-order valence-corrected chi connectivity index (χ3v) is 4.44. The second-order valence-corrected chi connectivity index (χ2v) is 6.32. The molecule has 0 saturated carbocycles. The average molecular weight is 407 g/mol. The standard InChI is InChI=1S/C19H16ClFN2O5/c1-27-18-9-12(24)5-7-17(18)22(10-13-6-8-19(28-13)23(25)26)11-14-15(20)3-2-4-16(14)21/h2-9,24H,10-11H2,1H3. The lowest BCUT2D eigenvalue weighted by Gasteiger charge is -2.26. The van der Waals surface area contributed by atoms with Crippen LogP contribution in [0.25, 0.3) is 0 Å². The van der Waals surface area contributed by atoms with E-state index in [9.17, 15) is 19.6 Å². The molecule has 7 nitrogen and oxygen atoms in total. The first-order chi connectivity index (χ1) is 13.4. The molecule has 1 N–H and O–H groups in total. The minimum absolute atomic E-state index is 0.00175. The number of phenolic OH excluding ortho intramolecular Hbond substituents is 1. The molecule has 28 heavy (non-hydrogen) atoms. The molecule has 0 radical (unpaired) electrons. The highest BCUT2D eigenvalue weighted by Crippen LogP contribution is 2.35. The number of hydrogen-bond acceptors (Lipinski definition) is 6.